The van der Waals surface area contributed by atoms with Crippen molar-refractivity contribution in [1.82, 2.24) is 9.80 Å². The Hall–Kier alpha value is -0.610. The zero-order chi connectivity index (χ0) is 12.5. The molecule has 0 saturated carbocycles. The third-order valence-electron chi connectivity index (χ3n) is 5.05. The van der Waals surface area contributed by atoms with Crippen molar-refractivity contribution in [2.75, 3.05) is 26.2 Å². The van der Waals surface area contributed by atoms with Crippen molar-refractivity contribution in [2.24, 2.45) is 5.92 Å². The summed E-state index contributed by atoms with van der Waals surface area (Å²) in [4.78, 5) is 16.1. The minimum absolute atomic E-state index is 0.359. The summed E-state index contributed by atoms with van der Waals surface area (Å²) in [5.41, 5.74) is 0. The van der Waals surface area contributed by atoms with Gasteiger partial charge in [0.2, 0.25) is 0 Å². The number of piperidine rings is 1. The Labute approximate surface area is 109 Å². The number of rotatable bonds is 3. The Kier molecular flexibility index (Phi) is 3.57. The van der Waals surface area contributed by atoms with E-state index < -0.39 is 5.97 Å². The molecule has 4 nitrogen and oxygen atoms in total. The Morgan fingerprint density at radius 3 is 2.56 bits per heavy atom. The average molecular weight is 252 g/mol. The molecule has 1 N–H and O–H groups in total. The molecule has 0 aromatic carbocycles. The van der Waals surface area contributed by atoms with Gasteiger partial charge in [0.15, 0.2) is 0 Å². The smallest absolute Gasteiger partial charge is 0.303 e. The first-order valence-corrected chi connectivity index (χ1v) is 7.44. The highest BCUT2D eigenvalue weighted by molar-refractivity contribution is 5.67. The molecule has 3 aliphatic rings. The molecule has 0 aromatic rings. The highest BCUT2D eigenvalue weighted by Crippen LogP contribution is 2.33. The number of aliphatic carboxylic acids is 1. The van der Waals surface area contributed by atoms with Crippen LogP contribution in [0.5, 0.6) is 0 Å². The molecule has 0 amide bonds. The highest BCUT2D eigenvalue weighted by atomic mass is 16.4. The molecule has 0 aromatic heterocycles. The number of hydrogen-bond acceptors (Lipinski definition) is 3. The van der Waals surface area contributed by atoms with Gasteiger partial charge in [-0.05, 0) is 51.1 Å². The first-order chi connectivity index (χ1) is 8.74. The molecule has 3 atom stereocenters. The largest absolute Gasteiger partial charge is 0.481 e. The second-order valence-electron chi connectivity index (χ2n) is 6.20. The number of nitrogens with zero attached hydrogens (tertiary/aromatic N) is 2. The number of carboxylic acid groups (broad SMARTS) is 1. The number of likely N-dealkylation sites (tertiary alicyclic amines) is 1. The third-order valence-corrected chi connectivity index (χ3v) is 5.05. The molecule has 0 bridgehead atoms. The van der Waals surface area contributed by atoms with Crippen molar-refractivity contribution in [3.8, 4) is 0 Å². The SMILES string of the molecule is O=C(O)CC1CCCN(C2CCN3CCCC23)C1. The van der Waals surface area contributed by atoms with Gasteiger partial charge in [0.05, 0.1) is 0 Å². The van der Waals surface area contributed by atoms with Gasteiger partial charge in [-0.1, -0.05) is 0 Å². The lowest BCUT2D eigenvalue weighted by molar-refractivity contribution is -0.138. The summed E-state index contributed by atoms with van der Waals surface area (Å²) in [5.74, 6) is -0.248. The van der Waals surface area contributed by atoms with Crippen LogP contribution in [-0.2, 0) is 4.79 Å². The molecule has 3 aliphatic heterocycles. The van der Waals surface area contributed by atoms with Gasteiger partial charge in [-0.25, -0.2) is 0 Å². The van der Waals surface area contributed by atoms with Crippen LogP contribution in [0.3, 0.4) is 0 Å². The summed E-state index contributed by atoms with van der Waals surface area (Å²) in [7, 11) is 0. The maximum Gasteiger partial charge on any atom is 0.303 e. The Morgan fingerprint density at radius 2 is 1.72 bits per heavy atom. The second kappa shape index (κ2) is 5.17. The lowest BCUT2D eigenvalue weighted by Gasteiger charge is -2.38. The van der Waals surface area contributed by atoms with E-state index in [1.807, 2.05) is 0 Å². The molecule has 3 saturated heterocycles. The summed E-state index contributed by atoms with van der Waals surface area (Å²) in [6.45, 7) is 4.75. The Morgan fingerprint density at radius 1 is 1.00 bits per heavy atom. The van der Waals surface area contributed by atoms with Crippen LogP contribution in [0.2, 0.25) is 0 Å². The predicted octanol–water partition coefficient (Wildman–Crippen LogP) is 1.41. The summed E-state index contributed by atoms with van der Waals surface area (Å²) in [5, 5.41) is 8.94. The van der Waals surface area contributed by atoms with Crippen LogP contribution in [-0.4, -0.2) is 59.1 Å². The van der Waals surface area contributed by atoms with Crippen molar-refractivity contribution in [3.05, 3.63) is 0 Å². The molecule has 0 radical (unpaired) electrons. The summed E-state index contributed by atoms with van der Waals surface area (Å²) in [6.07, 6.45) is 6.64. The van der Waals surface area contributed by atoms with Crippen molar-refractivity contribution in [3.63, 3.8) is 0 Å². The minimum atomic E-state index is -0.629. The zero-order valence-electron chi connectivity index (χ0n) is 11.1. The summed E-state index contributed by atoms with van der Waals surface area (Å²) in [6, 6.07) is 1.48. The molecule has 0 spiro atoms. The van der Waals surface area contributed by atoms with Gasteiger partial charge in [0.25, 0.3) is 0 Å². The van der Waals surface area contributed by atoms with Crippen molar-refractivity contribution >= 4 is 5.97 Å². The Balaban J connectivity index is 1.60. The van der Waals surface area contributed by atoms with Gasteiger partial charge < -0.3 is 5.11 Å². The molecule has 3 unspecified atom stereocenters. The molecule has 3 rings (SSSR count). The van der Waals surface area contributed by atoms with E-state index in [4.69, 9.17) is 5.11 Å². The fourth-order valence-electron chi connectivity index (χ4n) is 4.29. The molecule has 3 heterocycles. The minimum Gasteiger partial charge on any atom is -0.481 e. The number of hydrogen-bond donors (Lipinski definition) is 1. The van der Waals surface area contributed by atoms with Crippen molar-refractivity contribution in [2.45, 2.75) is 50.6 Å². The second-order valence-corrected chi connectivity index (χ2v) is 6.20. The summed E-state index contributed by atoms with van der Waals surface area (Å²) >= 11 is 0. The molecule has 0 aliphatic carbocycles. The number of fused-ring (bicyclic) bond motifs is 1. The quantitative estimate of drug-likeness (QED) is 0.825. The lowest BCUT2D eigenvalue weighted by atomic mass is 9.92. The van der Waals surface area contributed by atoms with Crippen molar-refractivity contribution < 1.29 is 9.90 Å². The van der Waals surface area contributed by atoms with E-state index in [0.29, 0.717) is 18.4 Å². The van der Waals surface area contributed by atoms with E-state index >= 15 is 0 Å². The zero-order valence-corrected chi connectivity index (χ0v) is 11.1. The maximum atomic E-state index is 10.9. The van der Waals surface area contributed by atoms with Crippen LogP contribution >= 0.6 is 0 Å². The fraction of sp³-hybridized carbons (Fsp3) is 0.929. The van der Waals surface area contributed by atoms with E-state index in [0.717, 1.165) is 19.0 Å². The molecule has 3 fully saturated rings. The third kappa shape index (κ3) is 2.41. The highest BCUT2D eigenvalue weighted by Gasteiger charge is 2.41. The molecular weight excluding hydrogens is 228 g/mol. The van der Waals surface area contributed by atoms with Crippen LogP contribution in [0.1, 0.15) is 38.5 Å². The molecule has 4 heteroatoms. The predicted molar refractivity (Wildman–Crippen MR) is 69.5 cm³/mol. The normalized spacial score (nSPS) is 37.9. The monoisotopic (exact) mass is 252 g/mol. The van der Waals surface area contributed by atoms with Gasteiger partial charge in [0.1, 0.15) is 0 Å². The first-order valence-electron chi connectivity index (χ1n) is 7.44. The van der Waals surface area contributed by atoms with E-state index in [1.54, 1.807) is 0 Å². The van der Waals surface area contributed by atoms with Crippen LogP contribution in [0, 0.1) is 5.92 Å². The van der Waals surface area contributed by atoms with Gasteiger partial charge in [-0.3, -0.25) is 14.6 Å². The standard InChI is InChI=1S/C14H24N2O2/c17-14(18)9-11-3-1-7-16(10-11)13-5-8-15-6-2-4-12(13)15/h11-13H,1-10H2,(H,17,18). The van der Waals surface area contributed by atoms with Gasteiger partial charge in [-0.2, -0.15) is 0 Å². The molecule has 18 heavy (non-hydrogen) atoms. The van der Waals surface area contributed by atoms with E-state index in [-0.39, 0.29) is 0 Å². The Bertz CT molecular complexity index is 321. The topological polar surface area (TPSA) is 43.8 Å². The number of carbonyl (C=O) groups is 1. The van der Waals surface area contributed by atoms with Crippen LogP contribution in [0.25, 0.3) is 0 Å². The van der Waals surface area contributed by atoms with Crippen LogP contribution < -0.4 is 0 Å². The van der Waals surface area contributed by atoms with Crippen LogP contribution in [0.4, 0.5) is 0 Å². The first kappa shape index (κ1) is 12.4. The molecular formula is C14H24N2O2. The average Bonchev–Trinajstić information content (AvgIpc) is 2.89. The fourth-order valence-corrected chi connectivity index (χ4v) is 4.29. The van der Waals surface area contributed by atoms with E-state index in [2.05, 4.69) is 9.80 Å². The van der Waals surface area contributed by atoms with E-state index in [1.165, 1.54) is 45.3 Å². The molecule has 102 valence electrons. The van der Waals surface area contributed by atoms with Gasteiger partial charge in [-0.15, -0.1) is 0 Å². The lowest BCUT2D eigenvalue weighted by Crippen LogP contribution is -2.47. The maximum absolute atomic E-state index is 10.9. The van der Waals surface area contributed by atoms with E-state index in [9.17, 15) is 4.79 Å². The van der Waals surface area contributed by atoms with Gasteiger partial charge in [0, 0.05) is 31.6 Å². The van der Waals surface area contributed by atoms with Crippen molar-refractivity contribution in [1.29, 1.82) is 0 Å². The number of carboxylic acids is 1. The summed E-state index contributed by atoms with van der Waals surface area (Å²) < 4.78 is 0. The van der Waals surface area contributed by atoms with Gasteiger partial charge >= 0.3 is 5.97 Å². The van der Waals surface area contributed by atoms with Crippen LogP contribution in [0.15, 0.2) is 0 Å².